The van der Waals surface area contributed by atoms with Gasteiger partial charge in [-0.15, -0.1) is 0 Å². The fourth-order valence-electron chi connectivity index (χ4n) is 1.39. The molecule has 1 aromatic rings. The van der Waals surface area contributed by atoms with Gasteiger partial charge in [0.15, 0.2) is 6.61 Å². The molecule has 0 unspecified atom stereocenters. The number of carbonyl (C=O) groups excluding carboxylic acids is 1. The summed E-state index contributed by atoms with van der Waals surface area (Å²) in [6, 6.07) is 7.69. The highest BCUT2D eigenvalue weighted by atomic mass is 16.5. The molecule has 0 aliphatic carbocycles. The van der Waals surface area contributed by atoms with Crippen molar-refractivity contribution in [3.05, 3.63) is 29.8 Å². The molecule has 4 heteroatoms. The minimum atomic E-state index is -0.138. The van der Waals surface area contributed by atoms with E-state index in [0.717, 1.165) is 6.42 Å². The number of likely N-dealkylation sites (N-methyl/N-ethyl adjacent to an activating group) is 1. The van der Waals surface area contributed by atoms with Crippen molar-refractivity contribution in [3.63, 3.8) is 0 Å². The van der Waals surface area contributed by atoms with Crippen molar-refractivity contribution in [3.8, 4) is 5.75 Å². The maximum atomic E-state index is 11.6. The SMILES string of the molecule is CCc1cccc(OCC(=O)N(C)CCO)c1. The van der Waals surface area contributed by atoms with Gasteiger partial charge in [-0.3, -0.25) is 4.79 Å². The second-order valence-corrected chi connectivity index (χ2v) is 3.83. The van der Waals surface area contributed by atoms with Gasteiger partial charge in [0.25, 0.3) is 5.91 Å². The van der Waals surface area contributed by atoms with E-state index in [4.69, 9.17) is 9.84 Å². The van der Waals surface area contributed by atoms with Gasteiger partial charge in [-0.25, -0.2) is 0 Å². The molecular formula is C13H19NO3. The topological polar surface area (TPSA) is 49.8 Å². The molecule has 0 fully saturated rings. The Morgan fingerprint density at radius 1 is 1.47 bits per heavy atom. The van der Waals surface area contributed by atoms with Crippen LogP contribution < -0.4 is 4.74 Å². The Balaban J connectivity index is 2.46. The molecule has 0 aliphatic heterocycles. The number of amides is 1. The monoisotopic (exact) mass is 237 g/mol. The highest BCUT2D eigenvalue weighted by Gasteiger charge is 2.08. The van der Waals surface area contributed by atoms with Crippen LogP contribution in [-0.4, -0.2) is 42.7 Å². The number of hydrogen-bond acceptors (Lipinski definition) is 3. The minimum absolute atomic E-state index is 0.00364. The molecule has 0 aliphatic rings. The molecule has 1 rings (SSSR count). The predicted octanol–water partition coefficient (Wildman–Crippen LogP) is 1.08. The fraction of sp³-hybridized carbons (Fsp3) is 0.462. The highest BCUT2D eigenvalue weighted by molar-refractivity contribution is 5.77. The van der Waals surface area contributed by atoms with E-state index in [-0.39, 0.29) is 19.1 Å². The van der Waals surface area contributed by atoms with Gasteiger partial charge in [0.2, 0.25) is 0 Å². The van der Waals surface area contributed by atoms with Gasteiger partial charge in [0, 0.05) is 13.6 Å². The summed E-state index contributed by atoms with van der Waals surface area (Å²) in [5.41, 5.74) is 1.18. The number of rotatable bonds is 6. The third kappa shape index (κ3) is 4.44. The lowest BCUT2D eigenvalue weighted by Crippen LogP contribution is -2.33. The largest absolute Gasteiger partial charge is 0.484 e. The summed E-state index contributed by atoms with van der Waals surface area (Å²) in [6.45, 7) is 2.37. The number of carbonyl (C=O) groups is 1. The Bertz CT molecular complexity index is 365. The summed E-state index contributed by atoms with van der Waals surface area (Å²) in [5, 5.41) is 8.70. The summed E-state index contributed by atoms with van der Waals surface area (Å²) in [6.07, 6.45) is 0.940. The summed E-state index contributed by atoms with van der Waals surface area (Å²) >= 11 is 0. The molecule has 17 heavy (non-hydrogen) atoms. The molecule has 1 amide bonds. The van der Waals surface area contributed by atoms with Crippen molar-refractivity contribution < 1.29 is 14.6 Å². The molecule has 1 aromatic carbocycles. The van der Waals surface area contributed by atoms with Crippen LogP contribution in [0.5, 0.6) is 5.75 Å². The van der Waals surface area contributed by atoms with Gasteiger partial charge >= 0.3 is 0 Å². The first-order valence-corrected chi connectivity index (χ1v) is 5.74. The van der Waals surface area contributed by atoms with Crippen LogP contribution in [0.3, 0.4) is 0 Å². The number of ether oxygens (including phenoxy) is 1. The predicted molar refractivity (Wildman–Crippen MR) is 66.0 cm³/mol. The lowest BCUT2D eigenvalue weighted by atomic mass is 10.2. The lowest BCUT2D eigenvalue weighted by Gasteiger charge is -2.16. The molecule has 94 valence electrons. The van der Waals surface area contributed by atoms with Gasteiger partial charge in [-0.2, -0.15) is 0 Å². The maximum absolute atomic E-state index is 11.6. The first-order chi connectivity index (χ1) is 8.17. The molecule has 4 nitrogen and oxygen atoms in total. The van der Waals surface area contributed by atoms with Gasteiger partial charge in [-0.1, -0.05) is 19.1 Å². The Morgan fingerprint density at radius 3 is 2.88 bits per heavy atom. The van der Waals surface area contributed by atoms with Crippen LogP contribution in [0.1, 0.15) is 12.5 Å². The van der Waals surface area contributed by atoms with E-state index < -0.39 is 0 Å². The Hall–Kier alpha value is -1.55. The van der Waals surface area contributed by atoms with Gasteiger partial charge in [0.05, 0.1) is 6.61 Å². The third-order valence-electron chi connectivity index (χ3n) is 2.53. The van der Waals surface area contributed by atoms with Crippen molar-refractivity contribution in [2.24, 2.45) is 0 Å². The van der Waals surface area contributed by atoms with Crippen LogP contribution in [-0.2, 0) is 11.2 Å². The number of aliphatic hydroxyl groups excluding tert-OH is 1. The smallest absolute Gasteiger partial charge is 0.260 e. The molecule has 0 heterocycles. The second kappa shape index (κ2) is 6.91. The fourth-order valence-corrected chi connectivity index (χ4v) is 1.39. The summed E-state index contributed by atoms with van der Waals surface area (Å²) in [5.74, 6) is 0.566. The minimum Gasteiger partial charge on any atom is -0.484 e. The molecule has 0 aromatic heterocycles. The van der Waals surface area contributed by atoms with Crippen molar-refractivity contribution in [1.82, 2.24) is 4.90 Å². The quantitative estimate of drug-likeness (QED) is 0.805. The van der Waals surface area contributed by atoms with E-state index >= 15 is 0 Å². The van der Waals surface area contributed by atoms with Crippen LogP contribution in [0.15, 0.2) is 24.3 Å². The zero-order valence-corrected chi connectivity index (χ0v) is 10.3. The van der Waals surface area contributed by atoms with E-state index in [1.807, 2.05) is 24.3 Å². The summed E-state index contributed by atoms with van der Waals surface area (Å²) in [7, 11) is 1.64. The van der Waals surface area contributed by atoms with E-state index in [2.05, 4.69) is 6.92 Å². The zero-order valence-electron chi connectivity index (χ0n) is 10.3. The van der Waals surface area contributed by atoms with Crippen LogP contribution in [0, 0.1) is 0 Å². The highest BCUT2D eigenvalue weighted by Crippen LogP contribution is 2.13. The molecule has 0 atom stereocenters. The molecule has 0 radical (unpaired) electrons. The standard InChI is InChI=1S/C13H19NO3/c1-3-11-5-4-6-12(9-11)17-10-13(16)14(2)7-8-15/h4-6,9,15H,3,7-8,10H2,1-2H3. The third-order valence-corrected chi connectivity index (χ3v) is 2.53. The molecule has 0 saturated carbocycles. The maximum Gasteiger partial charge on any atom is 0.260 e. The average molecular weight is 237 g/mol. The van der Waals surface area contributed by atoms with Crippen LogP contribution in [0.4, 0.5) is 0 Å². The molecule has 1 N–H and O–H groups in total. The molecule has 0 bridgehead atoms. The summed E-state index contributed by atoms with van der Waals surface area (Å²) in [4.78, 5) is 13.0. The van der Waals surface area contributed by atoms with Crippen LogP contribution >= 0.6 is 0 Å². The second-order valence-electron chi connectivity index (χ2n) is 3.83. The zero-order chi connectivity index (χ0) is 12.7. The van der Waals surface area contributed by atoms with Crippen molar-refractivity contribution in [2.75, 3.05) is 26.8 Å². The molecule has 0 saturated heterocycles. The lowest BCUT2D eigenvalue weighted by molar-refractivity contribution is -0.132. The van der Waals surface area contributed by atoms with E-state index in [1.165, 1.54) is 10.5 Å². The number of aliphatic hydroxyl groups is 1. The molecule has 0 spiro atoms. The van der Waals surface area contributed by atoms with Crippen LogP contribution in [0.25, 0.3) is 0 Å². The number of hydrogen-bond donors (Lipinski definition) is 1. The number of aryl methyl sites for hydroxylation is 1. The van der Waals surface area contributed by atoms with Crippen molar-refractivity contribution >= 4 is 5.91 Å². The van der Waals surface area contributed by atoms with Crippen molar-refractivity contribution in [2.45, 2.75) is 13.3 Å². The van der Waals surface area contributed by atoms with Gasteiger partial charge in [0.1, 0.15) is 5.75 Å². The van der Waals surface area contributed by atoms with E-state index in [0.29, 0.717) is 12.3 Å². The first-order valence-electron chi connectivity index (χ1n) is 5.74. The van der Waals surface area contributed by atoms with Gasteiger partial charge < -0.3 is 14.7 Å². The Labute approximate surface area is 102 Å². The van der Waals surface area contributed by atoms with Gasteiger partial charge in [-0.05, 0) is 24.1 Å². The Morgan fingerprint density at radius 2 is 2.24 bits per heavy atom. The average Bonchev–Trinajstić information content (AvgIpc) is 2.36. The van der Waals surface area contributed by atoms with Crippen LogP contribution in [0.2, 0.25) is 0 Å². The van der Waals surface area contributed by atoms with Crippen molar-refractivity contribution in [1.29, 1.82) is 0 Å². The normalized spacial score (nSPS) is 10.1. The van der Waals surface area contributed by atoms with E-state index in [1.54, 1.807) is 7.05 Å². The molecular weight excluding hydrogens is 218 g/mol. The van der Waals surface area contributed by atoms with E-state index in [9.17, 15) is 4.79 Å². The first kappa shape index (κ1) is 13.5. The summed E-state index contributed by atoms with van der Waals surface area (Å²) < 4.78 is 5.40. The Kier molecular flexibility index (Phi) is 5.49. The number of benzene rings is 1. The number of nitrogens with zero attached hydrogens (tertiary/aromatic N) is 1.